The lowest BCUT2D eigenvalue weighted by molar-refractivity contribution is -0.385. The molecule has 2 rings (SSSR count). The molecule has 0 aliphatic carbocycles. The number of nitro benzene ring substituents is 1. The number of hydrogen-bond donors (Lipinski definition) is 0. The Kier molecular flexibility index (Phi) is 3.62. The molecule has 1 aromatic carbocycles. The molecule has 0 spiro atoms. The van der Waals surface area contributed by atoms with E-state index in [1.807, 2.05) is 0 Å². The van der Waals surface area contributed by atoms with Gasteiger partial charge in [-0.1, -0.05) is 11.6 Å². The van der Waals surface area contributed by atoms with Gasteiger partial charge in [0.15, 0.2) is 5.15 Å². The molecule has 98 valence electrons. The number of benzene rings is 1. The fraction of sp³-hybridized carbons (Fsp3) is 0.167. The van der Waals surface area contributed by atoms with Crippen LogP contribution in [0.3, 0.4) is 0 Å². The summed E-state index contributed by atoms with van der Waals surface area (Å²) in [6.45, 7) is 3.46. The summed E-state index contributed by atoms with van der Waals surface area (Å²) in [6, 6.07) is 3.04. The van der Waals surface area contributed by atoms with E-state index in [0.29, 0.717) is 11.3 Å². The smallest absolute Gasteiger partial charge is 0.276 e. The molecule has 2 aromatic rings. The normalized spacial score (nSPS) is 10.3. The van der Waals surface area contributed by atoms with Crippen LogP contribution in [0.1, 0.15) is 11.1 Å². The van der Waals surface area contributed by atoms with E-state index in [9.17, 15) is 10.1 Å². The summed E-state index contributed by atoms with van der Waals surface area (Å²) in [5.74, 6) is 0.449. The number of nitrogens with zero attached hydrogens (tertiary/aromatic N) is 3. The Balaban J connectivity index is 2.43. The van der Waals surface area contributed by atoms with Crippen LogP contribution in [-0.4, -0.2) is 14.9 Å². The van der Waals surface area contributed by atoms with Gasteiger partial charge in [0.1, 0.15) is 5.75 Å². The number of nitro groups is 1. The van der Waals surface area contributed by atoms with Gasteiger partial charge in [0, 0.05) is 18.0 Å². The standard InChI is InChI=1S/C12H10ClN3O3/c1-7-5-8(2)10(6-9(7)16(17)18)19-12-11(13)14-3-4-15-12/h3-6H,1-2H3. The molecule has 0 N–H and O–H groups in total. The molecule has 0 aliphatic heterocycles. The minimum atomic E-state index is -0.458. The van der Waals surface area contributed by atoms with E-state index in [2.05, 4.69) is 9.97 Å². The summed E-state index contributed by atoms with van der Waals surface area (Å²) in [5.41, 5.74) is 1.31. The first-order chi connectivity index (χ1) is 8.99. The van der Waals surface area contributed by atoms with Crippen LogP contribution in [0.5, 0.6) is 11.6 Å². The highest BCUT2D eigenvalue weighted by molar-refractivity contribution is 6.30. The van der Waals surface area contributed by atoms with Gasteiger partial charge >= 0.3 is 0 Å². The van der Waals surface area contributed by atoms with Crippen LogP contribution in [0.4, 0.5) is 5.69 Å². The van der Waals surface area contributed by atoms with E-state index in [1.165, 1.54) is 18.5 Å². The summed E-state index contributed by atoms with van der Waals surface area (Å²) in [7, 11) is 0. The molecule has 0 atom stereocenters. The monoisotopic (exact) mass is 279 g/mol. The largest absolute Gasteiger partial charge is 0.436 e. The second kappa shape index (κ2) is 5.19. The Morgan fingerprint density at radius 3 is 2.53 bits per heavy atom. The quantitative estimate of drug-likeness (QED) is 0.635. The van der Waals surface area contributed by atoms with Crippen molar-refractivity contribution >= 4 is 17.3 Å². The minimum absolute atomic E-state index is 0.0133. The van der Waals surface area contributed by atoms with Crippen molar-refractivity contribution in [1.29, 1.82) is 0 Å². The third-order valence-electron chi connectivity index (χ3n) is 2.52. The van der Waals surface area contributed by atoms with Crippen LogP contribution in [0, 0.1) is 24.0 Å². The van der Waals surface area contributed by atoms with Crippen molar-refractivity contribution in [1.82, 2.24) is 9.97 Å². The van der Waals surface area contributed by atoms with E-state index in [0.717, 1.165) is 5.56 Å². The van der Waals surface area contributed by atoms with Gasteiger partial charge in [-0.2, -0.15) is 0 Å². The first-order valence-corrected chi connectivity index (χ1v) is 5.77. The third kappa shape index (κ3) is 2.79. The average Bonchev–Trinajstić information content (AvgIpc) is 2.34. The Morgan fingerprint density at radius 1 is 1.21 bits per heavy atom. The van der Waals surface area contributed by atoms with Crippen molar-refractivity contribution in [3.63, 3.8) is 0 Å². The lowest BCUT2D eigenvalue weighted by Crippen LogP contribution is -1.97. The van der Waals surface area contributed by atoms with Crippen molar-refractivity contribution in [3.05, 3.63) is 50.9 Å². The van der Waals surface area contributed by atoms with Gasteiger partial charge in [-0.05, 0) is 25.5 Å². The maximum Gasteiger partial charge on any atom is 0.276 e. The van der Waals surface area contributed by atoms with Gasteiger partial charge in [0.25, 0.3) is 11.6 Å². The zero-order valence-corrected chi connectivity index (χ0v) is 11.0. The van der Waals surface area contributed by atoms with Crippen molar-refractivity contribution in [3.8, 4) is 11.6 Å². The molecule has 1 aromatic heterocycles. The van der Waals surface area contributed by atoms with Gasteiger partial charge in [-0.25, -0.2) is 9.97 Å². The fourth-order valence-corrected chi connectivity index (χ4v) is 1.75. The number of hydrogen-bond acceptors (Lipinski definition) is 5. The SMILES string of the molecule is Cc1cc(C)c([N+](=O)[O-])cc1Oc1nccnc1Cl. The van der Waals surface area contributed by atoms with E-state index in [-0.39, 0.29) is 16.7 Å². The Labute approximate surface area is 114 Å². The third-order valence-corrected chi connectivity index (χ3v) is 2.78. The van der Waals surface area contributed by atoms with Gasteiger partial charge in [-0.3, -0.25) is 10.1 Å². The van der Waals surface area contributed by atoms with Crippen LogP contribution in [-0.2, 0) is 0 Å². The minimum Gasteiger partial charge on any atom is -0.436 e. The summed E-state index contributed by atoms with van der Waals surface area (Å²) < 4.78 is 5.48. The van der Waals surface area contributed by atoms with Crippen molar-refractivity contribution in [2.45, 2.75) is 13.8 Å². The van der Waals surface area contributed by atoms with Gasteiger partial charge in [0.2, 0.25) is 0 Å². The molecule has 6 nitrogen and oxygen atoms in total. The molecule has 0 fully saturated rings. The predicted molar refractivity (Wildman–Crippen MR) is 69.7 cm³/mol. The van der Waals surface area contributed by atoms with Crippen LogP contribution >= 0.6 is 11.6 Å². The number of halogens is 1. The summed E-state index contributed by atoms with van der Waals surface area (Å²) >= 11 is 5.83. The van der Waals surface area contributed by atoms with Crippen LogP contribution in [0.25, 0.3) is 0 Å². The van der Waals surface area contributed by atoms with Crippen LogP contribution in [0.15, 0.2) is 24.5 Å². The Hall–Kier alpha value is -2.21. The maximum absolute atomic E-state index is 10.9. The molecule has 0 saturated carbocycles. The van der Waals surface area contributed by atoms with Crippen molar-refractivity contribution in [2.75, 3.05) is 0 Å². The maximum atomic E-state index is 10.9. The van der Waals surface area contributed by atoms with Crippen molar-refractivity contribution < 1.29 is 9.66 Å². The molecule has 1 heterocycles. The number of ether oxygens (including phenoxy) is 1. The van der Waals surface area contributed by atoms with E-state index >= 15 is 0 Å². The van der Waals surface area contributed by atoms with Gasteiger partial charge < -0.3 is 4.74 Å². The Morgan fingerprint density at radius 2 is 1.89 bits per heavy atom. The van der Waals surface area contributed by atoms with E-state index < -0.39 is 4.92 Å². The second-order valence-corrected chi connectivity index (χ2v) is 4.27. The molecule has 19 heavy (non-hydrogen) atoms. The molecular formula is C12H10ClN3O3. The first-order valence-electron chi connectivity index (χ1n) is 5.39. The van der Waals surface area contributed by atoms with Gasteiger partial charge in [0.05, 0.1) is 11.0 Å². The lowest BCUT2D eigenvalue weighted by Gasteiger charge is -2.09. The molecule has 0 unspecified atom stereocenters. The predicted octanol–water partition coefficient (Wildman–Crippen LogP) is 3.45. The molecule has 0 aliphatic rings. The van der Waals surface area contributed by atoms with Crippen LogP contribution in [0.2, 0.25) is 5.15 Å². The fourth-order valence-electron chi connectivity index (χ4n) is 1.61. The topological polar surface area (TPSA) is 78.2 Å². The molecule has 0 amide bonds. The molecular weight excluding hydrogens is 270 g/mol. The van der Waals surface area contributed by atoms with E-state index in [4.69, 9.17) is 16.3 Å². The molecule has 0 saturated heterocycles. The number of aromatic nitrogens is 2. The first kappa shape index (κ1) is 13.2. The summed E-state index contributed by atoms with van der Waals surface area (Å²) in [4.78, 5) is 18.2. The number of aryl methyl sites for hydroxylation is 2. The highest BCUT2D eigenvalue weighted by atomic mass is 35.5. The highest BCUT2D eigenvalue weighted by Gasteiger charge is 2.16. The molecule has 0 radical (unpaired) electrons. The zero-order valence-electron chi connectivity index (χ0n) is 10.3. The molecule has 0 bridgehead atoms. The second-order valence-electron chi connectivity index (χ2n) is 3.92. The summed E-state index contributed by atoms with van der Waals surface area (Å²) in [6.07, 6.45) is 2.86. The molecule has 7 heteroatoms. The number of rotatable bonds is 3. The van der Waals surface area contributed by atoms with Crippen LogP contribution < -0.4 is 4.74 Å². The van der Waals surface area contributed by atoms with Gasteiger partial charge in [-0.15, -0.1) is 0 Å². The zero-order chi connectivity index (χ0) is 14.0. The van der Waals surface area contributed by atoms with E-state index in [1.54, 1.807) is 19.9 Å². The highest BCUT2D eigenvalue weighted by Crippen LogP contribution is 2.32. The lowest BCUT2D eigenvalue weighted by atomic mass is 10.1. The Bertz CT molecular complexity index is 646. The average molecular weight is 280 g/mol. The van der Waals surface area contributed by atoms with Crippen molar-refractivity contribution in [2.24, 2.45) is 0 Å². The summed E-state index contributed by atoms with van der Waals surface area (Å²) in [5, 5.41) is 11.0.